The van der Waals surface area contributed by atoms with Gasteiger partial charge in [0.15, 0.2) is 5.78 Å². The highest BCUT2D eigenvalue weighted by molar-refractivity contribution is 6.06. The van der Waals surface area contributed by atoms with E-state index in [1.165, 1.54) is 48.7 Å². The molecule has 0 bridgehead atoms. The van der Waals surface area contributed by atoms with Gasteiger partial charge >= 0.3 is 0 Å². The second-order valence-corrected chi connectivity index (χ2v) is 5.35. The van der Waals surface area contributed by atoms with Crippen LogP contribution in [0.2, 0.25) is 0 Å². The summed E-state index contributed by atoms with van der Waals surface area (Å²) in [5.41, 5.74) is 2.67. The fourth-order valence-corrected chi connectivity index (χ4v) is 2.19. The maximum Gasteiger partial charge on any atom is 0.269 e. The topological polar surface area (TPSA) is 60.2 Å². The van der Waals surface area contributed by atoms with Crippen molar-refractivity contribution in [2.45, 2.75) is 26.2 Å². The van der Waals surface area contributed by atoms with Crippen LogP contribution in [0, 0.1) is 10.1 Å². The van der Waals surface area contributed by atoms with Crippen molar-refractivity contribution >= 4 is 17.5 Å². The Morgan fingerprint density at radius 3 is 2.30 bits per heavy atom. The van der Waals surface area contributed by atoms with Gasteiger partial charge in [0.1, 0.15) is 0 Å². The van der Waals surface area contributed by atoms with Crippen molar-refractivity contribution in [2.75, 3.05) is 0 Å². The summed E-state index contributed by atoms with van der Waals surface area (Å²) in [6.45, 7) is 2.17. The lowest BCUT2D eigenvalue weighted by atomic mass is 10.1. The van der Waals surface area contributed by atoms with Crippen LogP contribution in [0.1, 0.15) is 41.3 Å². The molecule has 0 aromatic heterocycles. The predicted molar refractivity (Wildman–Crippen MR) is 91.5 cm³/mol. The standard InChI is InChI=1S/C19H19NO3/c1-2-3-4-15-5-7-16(8-6-15)9-14-19(21)17-10-12-18(13-11-17)20(22)23/h5-14H,2-4H2,1H3/b14-9+. The third-order valence-electron chi connectivity index (χ3n) is 3.59. The number of benzene rings is 2. The number of nitro groups is 1. The van der Waals surface area contributed by atoms with E-state index in [0.717, 1.165) is 12.0 Å². The number of unbranched alkanes of at least 4 members (excludes halogenated alkanes) is 1. The van der Waals surface area contributed by atoms with Crippen LogP contribution >= 0.6 is 0 Å². The minimum atomic E-state index is -0.482. The fraction of sp³-hybridized carbons (Fsp3) is 0.211. The number of non-ortho nitro benzene ring substituents is 1. The van der Waals surface area contributed by atoms with Crippen molar-refractivity contribution in [1.82, 2.24) is 0 Å². The van der Waals surface area contributed by atoms with Crippen molar-refractivity contribution in [1.29, 1.82) is 0 Å². The van der Waals surface area contributed by atoms with E-state index >= 15 is 0 Å². The van der Waals surface area contributed by atoms with Gasteiger partial charge in [-0.3, -0.25) is 14.9 Å². The lowest BCUT2D eigenvalue weighted by molar-refractivity contribution is -0.384. The Morgan fingerprint density at radius 1 is 1.09 bits per heavy atom. The molecule has 0 spiro atoms. The first kappa shape index (κ1) is 16.6. The van der Waals surface area contributed by atoms with Gasteiger partial charge in [0.2, 0.25) is 0 Å². The average molecular weight is 309 g/mol. The predicted octanol–water partition coefficient (Wildman–Crippen LogP) is 4.83. The van der Waals surface area contributed by atoms with E-state index in [-0.39, 0.29) is 11.5 Å². The second kappa shape index (κ2) is 8.03. The van der Waals surface area contributed by atoms with E-state index in [0.29, 0.717) is 5.56 Å². The quantitative estimate of drug-likeness (QED) is 0.318. The van der Waals surface area contributed by atoms with Gasteiger partial charge in [-0.05, 0) is 42.2 Å². The summed E-state index contributed by atoms with van der Waals surface area (Å²) in [6, 6.07) is 13.7. The minimum Gasteiger partial charge on any atom is -0.289 e. The highest BCUT2D eigenvalue weighted by Gasteiger charge is 2.07. The molecule has 0 aliphatic rings. The van der Waals surface area contributed by atoms with E-state index in [9.17, 15) is 14.9 Å². The molecule has 118 valence electrons. The SMILES string of the molecule is CCCCc1ccc(/C=C/C(=O)c2ccc([N+](=O)[O-])cc2)cc1. The third-order valence-corrected chi connectivity index (χ3v) is 3.59. The molecule has 0 atom stereocenters. The zero-order valence-corrected chi connectivity index (χ0v) is 13.1. The molecule has 2 aromatic rings. The Labute approximate surface area is 135 Å². The highest BCUT2D eigenvalue weighted by Crippen LogP contribution is 2.14. The highest BCUT2D eigenvalue weighted by atomic mass is 16.6. The van der Waals surface area contributed by atoms with Crippen LogP contribution in [-0.2, 0) is 6.42 Å². The van der Waals surface area contributed by atoms with Crippen LogP contribution in [0.15, 0.2) is 54.6 Å². The van der Waals surface area contributed by atoms with Gasteiger partial charge in [-0.25, -0.2) is 0 Å². The normalized spacial score (nSPS) is 10.8. The number of hydrogen-bond acceptors (Lipinski definition) is 3. The summed E-state index contributed by atoms with van der Waals surface area (Å²) in [4.78, 5) is 22.2. The summed E-state index contributed by atoms with van der Waals surface area (Å²) in [6.07, 6.45) is 6.66. The molecule has 0 saturated carbocycles. The van der Waals surface area contributed by atoms with Gasteiger partial charge < -0.3 is 0 Å². The number of aryl methyl sites for hydroxylation is 1. The van der Waals surface area contributed by atoms with Crippen LogP contribution in [0.5, 0.6) is 0 Å². The van der Waals surface area contributed by atoms with Gasteiger partial charge in [-0.2, -0.15) is 0 Å². The van der Waals surface area contributed by atoms with E-state index in [4.69, 9.17) is 0 Å². The van der Waals surface area contributed by atoms with E-state index in [1.54, 1.807) is 6.08 Å². The van der Waals surface area contributed by atoms with Gasteiger partial charge in [0.05, 0.1) is 4.92 Å². The number of ketones is 1. The van der Waals surface area contributed by atoms with Gasteiger partial charge in [0, 0.05) is 17.7 Å². The molecule has 0 unspecified atom stereocenters. The van der Waals surface area contributed by atoms with Crippen molar-refractivity contribution in [3.8, 4) is 0 Å². The van der Waals surface area contributed by atoms with Gasteiger partial charge in [0.25, 0.3) is 5.69 Å². The molecule has 0 fully saturated rings. The molecule has 0 N–H and O–H groups in total. The number of nitro benzene ring substituents is 1. The number of nitrogens with zero attached hydrogens (tertiary/aromatic N) is 1. The Hall–Kier alpha value is -2.75. The molecule has 0 amide bonds. The number of carbonyl (C=O) groups is 1. The van der Waals surface area contributed by atoms with Crippen LogP contribution in [-0.4, -0.2) is 10.7 Å². The molecular formula is C19H19NO3. The summed E-state index contributed by atoms with van der Waals surface area (Å²) >= 11 is 0. The van der Waals surface area contributed by atoms with Gasteiger partial charge in [-0.15, -0.1) is 0 Å². The summed E-state index contributed by atoms with van der Waals surface area (Å²) in [5, 5.41) is 10.6. The Morgan fingerprint density at radius 2 is 1.74 bits per heavy atom. The first-order chi connectivity index (χ1) is 11.1. The monoisotopic (exact) mass is 309 g/mol. The molecule has 4 heteroatoms. The molecule has 0 aliphatic carbocycles. The summed E-state index contributed by atoms with van der Waals surface area (Å²) in [5.74, 6) is -0.171. The van der Waals surface area contributed by atoms with E-state index < -0.39 is 4.92 Å². The number of hydrogen-bond donors (Lipinski definition) is 0. The Balaban J connectivity index is 2.01. The average Bonchev–Trinajstić information content (AvgIpc) is 2.58. The lowest BCUT2D eigenvalue weighted by Gasteiger charge is -2.00. The van der Waals surface area contributed by atoms with Gasteiger partial charge in [-0.1, -0.05) is 43.7 Å². The smallest absolute Gasteiger partial charge is 0.269 e. The molecule has 23 heavy (non-hydrogen) atoms. The first-order valence-corrected chi connectivity index (χ1v) is 7.66. The Bertz CT molecular complexity index is 700. The molecule has 2 rings (SSSR count). The zero-order valence-electron chi connectivity index (χ0n) is 13.1. The third kappa shape index (κ3) is 4.88. The minimum absolute atomic E-state index is 0.0202. The first-order valence-electron chi connectivity index (χ1n) is 7.66. The number of rotatable bonds is 7. The van der Waals surface area contributed by atoms with Crippen molar-refractivity contribution in [3.63, 3.8) is 0 Å². The molecule has 0 radical (unpaired) electrons. The lowest BCUT2D eigenvalue weighted by Crippen LogP contribution is -1.95. The molecule has 0 aliphatic heterocycles. The fourth-order valence-electron chi connectivity index (χ4n) is 2.19. The maximum atomic E-state index is 12.1. The van der Waals surface area contributed by atoms with Crippen LogP contribution in [0.3, 0.4) is 0 Å². The molecule has 0 heterocycles. The molecule has 2 aromatic carbocycles. The molecule has 4 nitrogen and oxygen atoms in total. The van der Waals surface area contributed by atoms with Crippen LogP contribution < -0.4 is 0 Å². The molecule has 0 saturated heterocycles. The summed E-state index contributed by atoms with van der Waals surface area (Å²) < 4.78 is 0. The number of carbonyl (C=O) groups excluding carboxylic acids is 1. The second-order valence-electron chi connectivity index (χ2n) is 5.35. The summed E-state index contributed by atoms with van der Waals surface area (Å²) in [7, 11) is 0. The molecular weight excluding hydrogens is 290 g/mol. The van der Waals surface area contributed by atoms with Crippen LogP contribution in [0.25, 0.3) is 6.08 Å². The van der Waals surface area contributed by atoms with Crippen molar-refractivity contribution in [3.05, 3.63) is 81.4 Å². The zero-order chi connectivity index (χ0) is 16.7. The van der Waals surface area contributed by atoms with Crippen LogP contribution in [0.4, 0.5) is 5.69 Å². The number of allylic oxidation sites excluding steroid dienone is 1. The van der Waals surface area contributed by atoms with Crippen molar-refractivity contribution < 1.29 is 9.72 Å². The van der Waals surface area contributed by atoms with Crippen molar-refractivity contribution in [2.24, 2.45) is 0 Å². The maximum absolute atomic E-state index is 12.1. The largest absolute Gasteiger partial charge is 0.289 e. The van der Waals surface area contributed by atoms with E-state index in [1.807, 2.05) is 12.1 Å². The van der Waals surface area contributed by atoms with E-state index in [2.05, 4.69) is 19.1 Å². The Kier molecular flexibility index (Phi) is 5.80.